The van der Waals surface area contributed by atoms with Crippen molar-refractivity contribution in [2.24, 2.45) is 10.1 Å². The van der Waals surface area contributed by atoms with E-state index in [1.54, 1.807) is 0 Å². The molecule has 1 aliphatic rings. The molecule has 0 saturated heterocycles. The average molecular weight is 316 g/mol. The van der Waals surface area contributed by atoms with Crippen LogP contribution in [0.2, 0.25) is 0 Å². The summed E-state index contributed by atoms with van der Waals surface area (Å²) in [7, 11) is 1.37. The highest BCUT2D eigenvalue weighted by Gasteiger charge is 2.36. The number of aliphatic imine (C=N–C) groups is 1. The zero-order valence-electron chi connectivity index (χ0n) is 11.3. The molecule has 1 aliphatic heterocycles. The number of nitrogens with zero attached hydrogens (tertiary/aromatic N) is 3. The minimum atomic E-state index is -4.53. The average Bonchev–Trinajstić information content (AvgIpc) is 3.04. The summed E-state index contributed by atoms with van der Waals surface area (Å²) in [6, 6.07) is -0.912. The summed E-state index contributed by atoms with van der Waals surface area (Å²) >= 11 is 0. The van der Waals surface area contributed by atoms with Crippen molar-refractivity contribution < 1.29 is 26.3 Å². The van der Waals surface area contributed by atoms with Gasteiger partial charge in [0.05, 0.1) is 18.5 Å². The predicted octanol–water partition coefficient (Wildman–Crippen LogP) is 2.69. The van der Waals surface area contributed by atoms with E-state index in [4.69, 9.17) is 0 Å². The third-order valence-corrected chi connectivity index (χ3v) is 2.64. The zero-order chi connectivity index (χ0) is 16.3. The molecule has 1 N–H and O–H groups in total. The summed E-state index contributed by atoms with van der Waals surface area (Å²) in [5, 5.41) is 7.20. The standard InChI is InChI=1S/C11H14F6N4/c1-3-7(11(15,16)17)5-19-9-20-21(9)6-8(18-2)4-10(12,13)14/h3,5,8,18H,4,6H2,1-2H3/b7-3+,19-5-/t8-,21?/m0/s1. The van der Waals surface area contributed by atoms with Crippen molar-refractivity contribution in [2.75, 3.05) is 13.6 Å². The first-order valence-corrected chi connectivity index (χ1v) is 5.94. The summed E-state index contributed by atoms with van der Waals surface area (Å²) in [6.45, 7) is 1.10. The van der Waals surface area contributed by atoms with Crippen LogP contribution in [0.25, 0.3) is 0 Å². The van der Waals surface area contributed by atoms with E-state index in [0.29, 0.717) is 6.21 Å². The first kappa shape index (κ1) is 17.5. The number of rotatable bonds is 5. The topological polar surface area (TPSA) is 39.8 Å². The Balaban J connectivity index is 2.49. The van der Waals surface area contributed by atoms with Gasteiger partial charge in [-0.15, -0.1) is 5.10 Å². The molecule has 21 heavy (non-hydrogen) atoms. The maximum atomic E-state index is 12.4. The Bertz CT molecular complexity index is 449. The molecule has 1 rings (SSSR count). The van der Waals surface area contributed by atoms with Crippen LogP contribution in [0.1, 0.15) is 13.3 Å². The fraction of sp³-hybridized carbons (Fsp3) is 0.636. The second-order valence-electron chi connectivity index (χ2n) is 4.29. The van der Waals surface area contributed by atoms with Gasteiger partial charge in [-0.1, -0.05) is 6.08 Å². The molecule has 0 aromatic heterocycles. The number of guanidine groups is 1. The molecule has 0 unspecified atom stereocenters. The number of hydrogen-bond acceptors (Lipinski definition) is 4. The molecule has 1 atom stereocenters. The lowest BCUT2D eigenvalue weighted by Crippen LogP contribution is -2.37. The lowest BCUT2D eigenvalue weighted by Gasteiger charge is -2.17. The van der Waals surface area contributed by atoms with Crippen molar-refractivity contribution in [2.45, 2.75) is 31.7 Å². The highest BCUT2D eigenvalue weighted by molar-refractivity contribution is 5.98. The summed E-state index contributed by atoms with van der Waals surface area (Å²) in [5.74, 6) is -0.0268. The van der Waals surface area contributed by atoms with Crippen molar-refractivity contribution in [3.63, 3.8) is 0 Å². The molecule has 10 heteroatoms. The molecule has 0 radical (unpaired) electrons. The number of halogens is 6. The number of hydrogen-bond donors (Lipinski definition) is 1. The lowest BCUT2D eigenvalue weighted by molar-refractivity contribution is -0.140. The van der Waals surface area contributed by atoms with Gasteiger partial charge < -0.3 is 5.32 Å². The van der Waals surface area contributed by atoms with Gasteiger partial charge in [-0.05, 0) is 14.0 Å². The van der Waals surface area contributed by atoms with Crippen LogP contribution in [0, 0.1) is 0 Å². The minimum absolute atomic E-state index is 0.0268. The van der Waals surface area contributed by atoms with E-state index < -0.39 is 30.4 Å². The molecular weight excluding hydrogens is 302 g/mol. The van der Waals surface area contributed by atoms with Gasteiger partial charge in [0.2, 0.25) is 0 Å². The molecule has 0 aromatic rings. The Morgan fingerprint density at radius 2 is 1.95 bits per heavy atom. The second kappa shape index (κ2) is 6.46. The van der Waals surface area contributed by atoms with E-state index in [1.807, 2.05) is 0 Å². The molecule has 0 bridgehead atoms. The number of likely N-dealkylation sites (N-methyl/N-ethyl adjacent to an activating group) is 1. The van der Waals surface area contributed by atoms with Crippen molar-refractivity contribution in [3.05, 3.63) is 11.6 Å². The van der Waals surface area contributed by atoms with E-state index >= 15 is 0 Å². The fourth-order valence-electron chi connectivity index (χ4n) is 1.49. The number of hydrazone groups is 1. The van der Waals surface area contributed by atoms with Crippen LogP contribution >= 0.6 is 0 Å². The Morgan fingerprint density at radius 1 is 1.33 bits per heavy atom. The van der Waals surface area contributed by atoms with Crippen molar-refractivity contribution in [3.8, 4) is 0 Å². The number of nitrogens with one attached hydrogen (secondary N) is 1. The normalized spacial score (nSPS) is 18.2. The van der Waals surface area contributed by atoms with Crippen molar-refractivity contribution >= 4 is 12.2 Å². The number of allylic oxidation sites excluding steroid dienone is 2. The summed E-state index contributed by atoms with van der Waals surface area (Å²) in [4.78, 5) is 3.49. The lowest BCUT2D eigenvalue weighted by atomic mass is 10.2. The van der Waals surface area contributed by atoms with Crippen LogP contribution in [0.4, 0.5) is 26.3 Å². The molecule has 120 valence electrons. The van der Waals surface area contributed by atoms with E-state index in [2.05, 4.69) is 15.4 Å². The van der Waals surface area contributed by atoms with Crippen LogP contribution in [-0.4, -0.2) is 49.2 Å². The smallest absolute Gasteiger partial charge is 0.315 e. The van der Waals surface area contributed by atoms with Gasteiger partial charge in [-0.3, -0.25) is 0 Å². The quantitative estimate of drug-likeness (QED) is 0.626. The summed E-state index contributed by atoms with van der Waals surface area (Å²) < 4.78 is 73.9. The maximum absolute atomic E-state index is 12.4. The van der Waals surface area contributed by atoms with Crippen molar-refractivity contribution in [1.82, 2.24) is 10.3 Å². The monoisotopic (exact) mass is 316 g/mol. The molecule has 0 aromatic carbocycles. The highest BCUT2D eigenvalue weighted by Crippen LogP contribution is 2.25. The summed E-state index contributed by atoms with van der Waals surface area (Å²) in [6.07, 6.45) is -8.48. The Kier molecular flexibility index (Phi) is 5.37. The van der Waals surface area contributed by atoms with Gasteiger partial charge in [0, 0.05) is 12.3 Å². The molecule has 4 nitrogen and oxygen atoms in total. The van der Waals surface area contributed by atoms with Gasteiger partial charge in [0.15, 0.2) is 0 Å². The first-order chi connectivity index (χ1) is 9.56. The van der Waals surface area contributed by atoms with Crippen molar-refractivity contribution in [1.29, 1.82) is 0 Å². The zero-order valence-corrected chi connectivity index (χ0v) is 11.3. The minimum Gasteiger partial charge on any atom is -0.315 e. The van der Waals surface area contributed by atoms with Gasteiger partial charge >= 0.3 is 12.4 Å². The fourth-order valence-corrected chi connectivity index (χ4v) is 1.49. The maximum Gasteiger partial charge on any atom is 0.417 e. The molecule has 0 amide bonds. The van der Waals surface area contributed by atoms with E-state index in [-0.39, 0.29) is 12.5 Å². The second-order valence-corrected chi connectivity index (χ2v) is 4.29. The summed E-state index contributed by atoms with van der Waals surface area (Å²) in [5.41, 5.74) is -0.947. The molecular formula is C11H14F6N4. The van der Waals surface area contributed by atoms with Crippen LogP contribution in [0.15, 0.2) is 21.7 Å². The van der Waals surface area contributed by atoms with Crippen LogP contribution in [0.5, 0.6) is 0 Å². The van der Waals surface area contributed by atoms with Crippen LogP contribution in [0.3, 0.4) is 0 Å². The van der Waals surface area contributed by atoms with E-state index in [1.165, 1.54) is 14.0 Å². The van der Waals surface area contributed by atoms with E-state index in [0.717, 1.165) is 11.1 Å². The van der Waals surface area contributed by atoms with Gasteiger partial charge in [-0.25, -0.2) is 10.0 Å². The van der Waals surface area contributed by atoms with Crippen LogP contribution < -0.4 is 5.32 Å². The third kappa shape index (κ3) is 6.15. The Morgan fingerprint density at radius 3 is 2.38 bits per heavy atom. The molecule has 0 aliphatic carbocycles. The third-order valence-electron chi connectivity index (χ3n) is 2.64. The largest absolute Gasteiger partial charge is 0.417 e. The molecule has 0 fully saturated rings. The Hall–Kier alpha value is -1.58. The van der Waals surface area contributed by atoms with Gasteiger partial charge in [0.1, 0.15) is 0 Å². The van der Waals surface area contributed by atoms with Gasteiger partial charge in [-0.2, -0.15) is 26.3 Å². The van der Waals surface area contributed by atoms with Crippen LogP contribution in [-0.2, 0) is 0 Å². The van der Waals surface area contributed by atoms with Gasteiger partial charge in [0.25, 0.3) is 5.96 Å². The molecule has 0 spiro atoms. The molecule has 1 heterocycles. The first-order valence-electron chi connectivity index (χ1n) is 5.94. The highest BCUT2D eigenvalue weighted by atomic mass is 19.4. The molecule has 0 saturated carbocycles. The van der Waals surface area contributed by atoms with E-state index in [9.17, 15) is 26.3 Å². The SMILES string of the molecule is C/C=C(\C=N/C1=NN1C[C@H](CC(F)(F)F)NC)C(F)(F)F. The number of alkyl halides is 6. The Labute approximate surface area is 117 Å². The predicted molar refractivity (Wildman–Crippen MR) is 66.0 cm³/mol.